The monoisotopic (exact) mass is 265 g/mol. The van der Waals surface area contributed by atoms with Crippen molar-refractivity contribution in [3.63, 3.8) is 0 Å². The first kappa shape index (κ1) is 13.7. The molecule has 0 aliphatic carbocycles. The van der Waals surface area contributed by atoms with E-state index in [-0.39, 0.29) is 17.2 Å². The van der Waals surface area contributed by atoms with Gasteiger partial charge in [-0.2, -0.15) is 8.78 Å². The number of sulfonamides is 1. The van der Waals surface area contributed by atoms with Crippen molar-refractivity contribution in [3.05, 3.63) is 23.8 Å². The lowest BCUT2D eigenvalue weighted by Crippen LogP contribution is -2.16. The highest BCUT2D eigenvalue weighted by Crippen LogP contribution is 2.28. The van der Waals surface area contributed by atoms with Gasteiger partial charge in [-0.3, -0.25) is 4.72 Å². The molecule has 0 saturated carbocycles. The summed E-state index contributed by atoms with van der Waals surface area (Å²) in [6.07, 6.45) is 0. The molecule has 0 saturated heterocycles. The van der Waals surface area contributed by atoms with E-state index in [4.69, 9.17) is 0 Å². The minimum Gasteiger partial charge on any atom is -0.433 e. The fourth-order valence-corrected chi connectivity index (χ4v) is 1.80. The van der Waals surface area contributed by atoms with Crippen LogP contribution in [0.5, 0.6) is 5.75 Å². The zero-order chi connectivity index (χ0) is 13.1. The summed E-state index contributed by atoms with van der Waals surface area (Å²) in [7, 11) is -3.52. The molecule has 1 aromatic rings. The molecule has 0 aromatic heterocycles. The lowest BCUT2D eigenvalue weighted by atomic mass is 10.2. The molecule has 7 heteroatoms. The highest BCUT2D eigenvalue weighted by molar-refractivity contribution is 7.92. The van der Waals surface area contributed by atoms with Gasteiger partial charge in [-0.25, -0.2) is 8.42 Å². The predicted octanol–water partition coefficient (Wildman–Crippen LogP) is 2.36. The number of aryl methyl sites for hydroxylation is 1. The third-order valence-electron chi connectivity index (χ3n) is 2.00. The van der Waals surface area contributed by atoms with E-state index >= 15 is 0 Å². The Balaban J connectivity index is 3.07. The van der Waals surface area contributed by atoms with Crippen LogP contribution in [0.1, 0.15) is 12.5 Å². The van der Waals surface area contributed by atoms with Crippen molar-refractivity contribution < 1.29 is 21.9 Å². The van der Waals surface area contributed by atoms with Gasteiger partial charge in [-0.1, -0.05) is 6.07 Å². The fraction of sp³-hybridized carbons (Fsp3) is 0.400. The van der Waals surface area contributed by atoms with Crippen molar-refractivity contribution in [3.8, 4) is 5.75 Å². The topological polar surface area (TPSA) is 55.4 Å². The van der Waals surface area contributed by atoms with Crippen molar-refractivity contribution >= 4 is 15.7 Å². The Kier molecular flexibility index (Phi) is 4.28. The van der Waals surface area contributed by atoms with E-state index in [0.29, 0.717) is 0 Å². The third-order valence-corrected chi connectivity index (χ3v) is 3.29. The van der Waals surface area contributed by atoms with Gasteiger partial charge in [-0.05, 0) is 31.5 Å². The SMILES string of the molecule is CCS(=O)(=O)Nc1cc(C)ccc1OC(F)F. The van der Waals surface area contributed by atoms with Crippen molar-refractivity contribution in [2.45, 2.75) is 20.5 Å². The predicted molar refractivity (Wildman–Crippen MR) is 60.9 cm³/mol. The van der Waals surface area contributed by atoms with Gasteiger partial charge >= 0.3 is 6.61 Å². The lowest BCUT2D eigenvalue weighted by molar-refractivity contribution is -0.0493. The van der Waals surface area contributed by atoms with Crippen LogP contribution in [0.2, 0.25) is 0 Å². The third kappa shape index (κ3) is 4.18. The van der Waals surface area contributed by atoms with E-state index in [1.165, 1.54) is 19.1 Å². The van der Waals surface area contributed by atoms with Crippen LogP contribution in [0, 0.1) is 6.92 Å². The number of ether oxygens (including phenoxy) is 1. The summed E-state index contributed by atoms with van der Waals surface area (Å²) >= 11 is 0. The molecule has 0 unspecified atom stereocenters. The first-order valence-corrected chi connectivity index (χ1v) is 6.55. The summed E-state index contributed by atoms with van der Waals surface area (Å²) in [4.78, 5) is 0. The molecule has 0 aliphatic rings. The van der Waals surface area contributed by atoms with Crippen LogP contribution in [-0.2, 0) is 10.0 Å². The van der Waals surface area contributed by atoms with Gasteiger partial charge in [0.2, 0.25) is 10.0 Å². The van der Waals surface area contributed by atoms with Crippen molar-refractivity contribution in [2.75, 3.05) is 10.5 Å². The molecule has 0 atom stereocenters. The van der Waals surface area contributed by atoms with Gasteiger partial charge in [0.05, 0.1) is 11.4 Å². The molecular weight excluding hydrogens is 252 g/mol. The van der Waals surface area contributed by atoms with Crippen LogP contribution >= 0.6 is 0 Å². The van der Waals surface area contributed by atoms with E-state index in [1.807, 2.05) is 0 Å². The molecule has 0 amide bonds. The van der Waals surface area contributed by atoms with E-state index in [2.05, 4.69) is 9.46 Å². The zero-order valence-corrected chi connectivity index (χ0v) is 10.2. The van der Waals surface area contributed by atoms with Gasteiger partial charge in [0.1, 0.15) is 5.75 Å². The van der Waals surface area contributed by atoms with Crippen molar-refractivity contribution in [1.82, 2.24) is 0 Å². The van der Waals surface area contributed by atoms with Gasteiger partial charge < -0.3 is 4.74 Å². The van der Waals surface area contributed by atoms with Crippen LogP contribution < -0.4 is 9.46 Å². The van der Waals surface area contributed by atoms with Crippen LogP contribution in [0.25, 0.3) is 0 Å². The Morgan fingerprint density at radius 3 is 2.59 bits per heavy atom. The largest absolute Gasteiger partial charge is 0.433 e. The first-order chi connectivity index (χ1) is 7.84. The maximum atomic E-state index is 12.1. The second-order valence-corrected chi connectivity index (χ2v) is 5.39. The number of halogens is 2. The summed E-state index contributed by atoms with van der Waals surface area (Å²) in [5.74, 6) is -0.336. The number of alkyl halides is 2. The molecule has 1 rings (SSSR count). The number of rotatable bonds is 5. The van der Waals surface area contributed by atoms with E-state index in [0.717, 1.165) is 5.56 Å². The summed E-state index contributed by atoms with van der Waals surface area (Å²) in [5, 5.41) is 0. The standard InChI is InChI=1S/C10H13F2NO3S/c1-3-17(14,15)13-8-6-7(2)4-5-9(8)16-10(11)12/h4-6,10,13H,3H2,1-2H3. The minimum atomic E-state index is -3.52. The number of benzene rings is 1. The Labute approximate surface area is 98.6 Å². The molecule has 0 radical (unpaired) electrons. The summed E-state index contributed by atoms with van der Waals surface area (Å²) in [6.45, 7) is 0.171. The van der Waals surface area contributed by atoms with Crippen LogP contribution in [-0.4, -0.2) is 20.8 Å². The first-order valence-electron chi connectivity index (χ1n) is 4.90. The van der Waals surface area contributed by atoms with Gasteiger partial charge in [-0.15, -0.1) is 0 Å². The average Bonchev–Trinajstić information content (AvgIpc) is 2.21. The smallest absolute Gasteiger partial charge is 0.387 e. The van der Waals surface area contributed by atoms with Gasteiger partial charge in [0.25, 0.3) is 0 Å². The Bertz CT molecular complexity index is 488. The van der Waals surface area contributed by atoms with Gasteiger partial charge in [0, 0.05) is 0 Å². The summed E-state index contributed by atoms with van der Waals surface area (Å²) < 4.78 is 53.4. The van der Waals surface area contributed by atoms with Crippen molar-refractivity contribution in [1.29, 1.82) is 0 Å². The maximum absolute atomic E-state index is 12.1. The molecule has 4 nitrogen and oxygen atoms in total. The molecule has 0 fully saturated rings. The Morgan fingerprint density at radius 1 is 1.41 bits per heavy atom. The molecule has 1 N–H and O–H groups in total. The van der Waals surface area contributed by atoms with E-state index in [9.17, 15) is 17.2 Å². The highest BCUT2D eigenvalue weighted by atomic mass is 32.2. The number of hydrogen-bond donors (Lipinski definition) is 1. The van der Waals surface area contributed by atoms with Gasteiger partial charge in [0.15, 0.2) is 0 Å². The Hall–Kier alpha value is -1.37. The second-order valence-electron chi connectivity index (χ2n) is 3.38. The molecule has 0 bridgehead atoms. The maximum Gasteiger partial charge on any atom is 0.387 e. The second kappa shape index (κ2) is 5.31. The lowest BCUT2D eigenvalue weighted by Gasteiger charge is -2.13. The molecule has 1 aromatic carbocycles. The number of anilines is 1. The van der Waals surface area contributed by atoms with E-state index in [1.54, 1.807) is 13.0 Å². The van der Waals surface area contributed by atoms with Crippen LogP contribution in [0.4, 0.5) is 14.5 Å². The minimum absolute atomic E-state index is 0.0205. The fourth-order valence-electron chi connectivity index (χ4n) is 1.16. The highest BCUT2D eigenvalue weighted by Gasteiger charge is 2.14. The normalized spacial score (nSPS) is 11.6. The number of nitrogens with one attached hydrogen (secondary N) is 1. The molecule has 17 heavy (non-hydrogen) atoms. The quantitative estimate of drug-likeness (QED) is 0.889. The summed E-state index contributed by atoms with van der Waals surface area (Å²) in [5.41, 5.74) is 0.757. The molecule has 0 spiro atoms. The average molecular weight is 265 g/mol. The number of hydrogen-bond acceptors (Lipinski definition) is 3. The molecule has 0 heterocycles. The van der Waals surface area contributed by atoms with Crippen LogP contribution in [0.3, 0.4) is 0 Å². The molecule has 96 valence electrons. The van der Waals surface area contributed by atoms with Crippen molar-refractivity contribution in [2.24, 2.45) is 0 Å². The van der Waals surface area contributed by atoms with Crippen LogP contribution in [0.15, 0.2) is 18.2 Å². The molecule has 0 aliphatic heterocycles. The zero-order valence-electron chi connectivity index (χ0n) is 9.41. The van der Waals surface area contributed by atoms with E-state index < -0.39 is 16.6 Å². The molecular formula is C10H13F2NO3S. The Morgan fingerprint density at radius 2 is 2.06 bits per heavy atom. The summed E-state index contributed by atoms with van der Waals surface area (Å²) in [6, 6.07) is 4.29.